The molecule has 0 bridgehead atoms. The van der Waals surface area contributed by atoms with Gasteiger partial charge in [0.2, 0.25) is 0 Å². The first kappa shape index (κ1) is 15.2. The Morgan fingerprint density at radius 2 is 2.00 bits per heavy atom. The van der Waals surface area contributed by atoms with E-state index in [1.165, 1.54) is 6.20 Å². The van der Waals surface area contributed by atoms with Gasteiger partial charge < -0.3 is 11.1 Å². The van der Waals surface area contributed by atoms with Crippen molar-refractivity contribution in [3.05, 3.63) is 22.3 Å². The van der Waals surface area contributed by atoms with Gasteiger partial charge in [0.15, 0.2) is 0 Å². The molecule has 3 nitrogen and oxygen atoms in total. The van der Waals surface area contributed by atoms with Gasteiger partial charge in [0.05, 0.1) is 5.56 Å². The lowest BCUT2D eigenvalue weighted by Crippen LogP contribution is -2.34. The van der Waals surface area contributed by atoms with Crippen LogP contribution in [0.3, 0.4) is 0 Å². The van der Waals surface area contributed by atoms with E-state index in [2.05, 4.69) is 26.2 Å². The second-order valence-corrected chi connectivity index (χ2v) is 5.51. The van der Waals surface area contributed by atoms with E-state index in [4.69, 9.17) is 5.73 Å². The minimum atomic E-state index is -4.45. The highest BCUT2D eigenvalue weighted by Gasteiger charge is 2.35. The molecular weight excluding hydrogens is 311 g/mol. The van der Waals surface area contributed by atoms with Crippen molar-refractivity contribution in [1.82, 2.24) is 4.98 Å². The van der Waals surface area contributed by atoms with E-state index in [0.717, 1.165) is 6.07 Å². The molecule has 0 saturated heterocycles. The van der Waals surface area contributed by atoms with Gasteiger partial charge in [-0.1, -0.05) is 0 Å². The summed E-state index contributed by atoms with van der Waals surface area (Å²) < 4.78 is 38.9. The molecule has 0 aliphatic heterocycles. The highest BCUT2D eigenvalue weighted by molar-refractivity contribution is 9.10. The van der Waals surface area contributed by atoms with E-state index in [9.17, 15) is 13.2 Å². The van der Waals surface area contributed by atoms with E-state index in [-0.39, 0.29) is 10.3 Å². The monoisotopic (exact) mass is 325 g/mol. The van der Waals surface area contributed by atoms with Crippen molar-refractivity contribution in [1.29, 1.82) is 0 Å². The Morgan fingerprint density at radius 1 is 1.39 bits per heavy atom. The summed E-state index contributed by atoms with van der Waals surface area (Å²) in [5.41, 5.74) is 4.09. The Morgan fingerprint density at radius 3 is 2.50 bits per heavy atom. The summed E-state index contributed by atoms with van der Waals surface area (Å²) in [5.74, 6) is -0.177. The first-order valence-corrected chi connectivity index (χ1v) is 6.16. The molecule has 0 amide bonds. The SMILES string of the molecule is CC(C)(CCN)Nc1ncc(Br)cc1C(F)(F)F. The van der Waals surface area contributed by atoms with Crippen LogP contribution in [0.25, 0.3) is 0 Å². The first-order chi connectivity index (χ1) is 8.15. The van der Waals surface area contributed by atoms with Crippen LogP contribution in [0.1, 0.15) is 25.8 Å². The Labute approximate surface area is 112 Å². The van der Waals surface area contributed by atoms with E-state index < -0.39 is 17.3 Å². The summed E-state index contributed by atoms with van der Waals surface area (Å²) in [6, 6.07) is 1.01. The van der Waals surface area contributed by atoms with Gasteiger partial charge in [-0.05, 0) is 48.8 Å². The second-order valence-electron chi connectivity index (χ2n) is 4.60. The molecule has 1 rings (SSSR count). The van der Waals surface area contributed by atoms with Crippen molar-refractivity contribution in [2.24, 2.45) is 5.73 Å². The molecule has 0 fully saturated rings. The maximum Gasteiger partial charge on any atom is 0.419 e. The van der Waals surface area contributed by atoms with Gasteiger partial charge in [-0.15, -0.1) is 0 Å². The fraction of sp³-hybridized carbons (Fsp3) is 0.545. The van der Waals surface area contributed by atoms with Crippen LogP contribution >= 0.6 is 15.9 Å². The molecule has 0 saturated carbocycles. The van der Waals surface area contributed by atoms with Gasteiger partial charge in [-0.3, -0.25) is 0 Å². The lowest BCUT2D eigenvalue weighted by atomic mass is 10.0. The molecule has 0 aromatic carbocycles. The summed E-state index contributed by atoms with van der Waals surface area (Å²) >= 11 is 2.99. The molecule has 0 atom stereocenters. The number of hydrogen-bond donors (Lipinski definition) is 2. The van der Waals surface area contributed by atoms with Gasteiger partial charge in [0, 0.05) is 16.2 Å². The van der Waals surface area contributed by atoms with Gasteiger partial charge >= 0.3 is 6.18 Å². The van der Waals surface area contributed by atoms with Crippen LogP contribution in [0, 0.1) is 0 Å². The van der Waals surface area contributed by atoms with Crippen LogP contribution in [-0.2, 0) is 6.18 Å². The molecular formula is C11H15BrF3N3. The molecule has 0 aliphatic carbocycles. The third kappa shape index (κ3) is 4.13. The number of anilines is 1. The summed E-state index contributed by atoms with van der Waals surface area (Å²) in [6.45, 7) is 3.95. The van der Waals surface area contributed by atoms with E-state index in [1.807, 2.05) is 0 Å². The molecule has 102 valence electrons. The quantitative estimate of drug-likeness (QED) is 0.892. The molecule has 1 aromatic rings. The largest absolute Gasteiger partial charge is 0.419 e. The van der Waals surface area contributed by atoms with Crippen molar-refractivity contribution >= 4 is 21.7 Å². The number of pyridine rings is 1. The molecule has 18 heavy (non-hydrogen) atoms. The average molecular weight is 326 g/mol. The Bertz CT molecular complexity index is 418. The summed E-state index contributed by atoms with van der Waals surface area (Å²) in [6.07, 6.45) is -2.57. The highest BCUT2D eigenvalue weighted by Crippen LogP contribution is 2.36. The predicted octanol–water partition coefficient (Wildman–Crippen LogP) is 3.40. The predicted molar refractivity (Wildman–Crippen MR) is 68.3 cm³/mol. The third-order valence-corrected chi connectivity index (χ3v) is 2.82. The first-order valence-electron chi connectivity index (χ1n) is 5.37. The van der Waals surface area contributed by atoms with Gasteiger partial charge in [-0.2, -0.15) is 13.2 Å². The van der Waals surface area contributed by atoms with Crippen molar-refractivity contribution in [2.75, 3.05) is 11.9 Å². The Kier molecular flexibility index (Phi) is 4.61. The summed E-state index contributed by atoms with van der Waals surface area (Å²) in [7, 11) is 0. The molecule has 3 N–H and O–H groups in total. The fourth-order valence-corrected chi connectivity index (χ4v) is 1.83. The van der Waals surface area contributed by atoms with E-state index in [0.29, 0.717) is 13.0 Å². The minimum Gasteiger partial charge on any atom is -0.365 e. The smallest absolute Gasteiger partial charge is 0.365 e. The Hall–Kier alpha value is -0.820. The van der Waals surface area contributed by atoms with Gasteiger partial charge in [-0.25, -0.2) is 4.98 Å². The van der Waals surface area contributed by atoms with E-state index >= 15 is 0 Å². The Balaban J connectivity index is 3.09. The third-order valence-electron chi connectivity index (χ3n) is 2.39. The summed E-state index contributed by atoms with van der Waals surface area (Å²) in [4.78, 5) is 3.79. The zero-order valence-electron chi connectivity index (χ0n) is 10.1. The lowest BCUT2D eigenvalue weighted by Gasteiger charge is -2.28. The molecule has 1 aromatic heterocycles. The lowest BCUT2D eigenvalue weighted by molar-refractivity contribution is -0.137. The van der Waals surface area contributed by atoms with Crippen LogP contribution in [0.5, 0.6) is 0 Å². The standard InChI is InChI=1S/C11H15BrF3N3/c1-10(2,3-4-16)18-9-8(11(13,14)15)5-7(12)6-17-9/h5-6H,3-4,16H2,1-2H3,(H,17,18). The number of aromatic nitrogens is 1. The van der Waals surface area contributed by atoms with Gasteiger partial charge in [0.25, 0.3) is 0 Å². The summed E-state index contributed by atoms with van der Waals surface area (Å²) in [5, 5.41) is 2.79. The van der Waals surface area contributed by atoms with Crippen LogP contribution < -0.4 is 11.1 Å². The number of rotatable bonds is 4. The topological polar surface area (TPSA) is 50.9 Å². The number of hydrogen-bond acceptors (Lipinski definition) is 3. The van der Waals surface area contributed by atoms with Crippen molar-refractivity contribution in [2.45, 2.75) is 32.0 Å². The number of alkyl halides is 3. The maximum absolute atomic E-state index is 12.9. The maximum atomic E-state index is 12.9. The normalized spacial score (nSPS) is 12.6. The number of nitrogens with two attached hydrogens (primary N) is 1. The number of halogens is 4. The zero-order valence-corrected chi connectivity index (χ0v) is 11.7. The molecule has 0 spiro atoms. The molecule has 0 aliphatic rings. The van der Waals surface area contributed by atoms with Crippen LogP contribution in [-0.4, -0.2) is 17.1 Å². The van der Waals surface area contributed by atoms with Crippen LogP contribution in [0.15, 0.2) is 16.7 Å². The van der Waals surface area contributed by atoms with Crippen molar-refractivity contribution < 1.29 is 13.2 Å². The fourth-order valence-electron chi connectivity index (χ4n) is 1.50. The van der Waals surface area contributed by atoms with E-state index in [1.54, 1.807) is 13.8 Å². The van der Waals surface area contributed by atoms with Crippen molar-refractivity contribution in [3.8, 4) is 0 Å². The average Bonchev–Trinajstić information content (AvgIpc) is 2.18. The minimum absolute atomic E-state index is 0.177. The molecule has 7 heteroatoms. The second kappa shape index (κ2) is 5.44. The number of nitrogens with one attached hydrogen (secondary N) is 1. The highest BCUT2D eigenvalue weighted by atomic mass is 79.9. The van der Waals surface area contributed by atoms with Crippen molar-refractivity contribution in [3.63, 3.8) is 0 Å². The van der Waals surface area contributed by atoms with Crippen LogP contribution in [0.2, 0.25) is 0 Å². The number of nitrogens with zero attached hydrogens (tertiary/aromatic N) is 1. The van der Waals surface area contributed by atoms with Crippen LogP contribution in [0.4, 0.5) is 19.0 Å². The molecule has 0 unspecified atom stereocenters. The van der Waals surface area contributed by atoms with Gasteiger partial charge in [0.1, 0.15) is 5.82 Å². The zero-order chi connectivity index (χ0) is 14.0. The molecule has 0 radical (unpaired) electrons. The molecule has 1 heterocycles.